The molecule has 0 aliphatic rings. The molecule has 7 nitrogen and oxygen atoms in total. The molecule has 0 aliphatic carbocycles. The summed E-state index contributed by atoms with van der Waals surface area (Å²) < 4.78 is 36.5. The van der Waals surface area contributed by atoms with Crippen LogP contribution in [0.4, 0.5) is 0 Å². The van der Waals surface area contributed by atoms with E-state index in [1.165, 1.54) is 18.2 Å². The van der Waals surface area contributed by atoms with Crippen LogP contribution in [0.3, 0.4) is 0 Å². The minimum atomic E-state index is -4.05. The number of hydrogen-bond acceptors (Lipinski definition) is 6. The lowest BCUT2D eigenvalue weighted by Gasteiger charge is -2.10. The number of aromatic nitrogens is 1. The molecule has 10 heteroatoms. The SMILES string of the molecule is Cc1noc(C)c1COC(=O)CNS(=O)(=O)c1c(Cl)cccc1Cl. The maximum atomic E-state index is 12.2. The van der Waals surface area contributed by atoms with Gasteiger partial charge < -0.3 is 9.26 Å². The van der Waals surface area contributed by atoms with Gasteiger partial charge in [-0.25, -0.2) is 8.42 Å². The molecule has 1 N–H and O–H groups in total. The molecule has 2 aromatic rings. The molecular formula is C14H14Cl2N2O5S. The van der Waals surface area contributed by atoms with Crippen molar-refractivity contribution in [3.05, 3.63) is 45.3 Å². The van der Waals surface area contributed by atoms with E-state index < -0.39 is 22.5 Å². The van der Waals surface area contributed by atoms with Crippen LogP contribution < -0.4 is 4.72 Å². The van der Waals surface area contributed by atoms with Crippen molar-refractivity contribution < 1.29 is 22.5 Å². The summed E-state index contributed by atoms with van der Waals surface area (Å²) in [6.07, 6.45) is 0. The topological polar surface area (TPSA) is 98.5 Å². The van der Waals surface area contributed by atoms with E-state index in [0.29, 0.717) is 17.0 Å². The van der Waals surface area contributed by atoms with Crippen LogP contribution in [0.5, 0.6) is 0 Å². The molecular weight excluding hydrogens is 379 g/mol. The Hall–Kier alpha value is -1.61. The maximum absolute atomic E-state index is 12.2. The van der Waals surface area contributed by atoms with E-state index >= 15 is 0 Å². The average Bonchev–Trinajstić information content (AvgIpc) is 2.81. The molecule has 2 rings (SSSR count). The van der Waals surface area contributed by atoms with E-state index in [1.807, 2.05) is 0 Å². The highest BCUT2D eigenvalue weighted by Crippen LogP contribution is 2.28. The molecule has 0 atom stereocenters. The summed E-state index contributed by atoms with van der Waals surface area (Å²) in [6, 6.07) is 4.29. The van der Waals surface area contributed by atoms with Crippen LogP contribution in [-0.2, 0) is 26.2 Å². The summed E-state index contributed by atoms with van der Waals surface area (Å²) in [6.45, 7) is 2.77. The smallest absolute Gasteiger partial charge is 0.321 e. The Kier molecular flexibility index (Phi) is 5.87. The van der Waals surface area contributed by atoms with Crippen molar-refractivity contribution in [3.63, 3.8) is 0 Å². The van der Waals surface area contributed by atoms with E-state index in [4.69, 9.17) is 32.5 Å². The number of hydrogen-bond donors (Lipinski definition) is 1. The molecule has 0 radical (unpaired) electrons. The standard InChI is InChI=1S/C14H14Cl2N2O5S/c1-8-10(9(2)23-18-8)7-22-13(19)6-17-24(20,21)14-11(15)4-3-5-12(14)16/h3-5,17H,6-7H2,1-2H3. The van der Waals surface area contributed by atoms with E-state index in [9.17, 15) is 13.2 Å². The highest BCUT2D eigenvalue weighted by molar-refractivity contribution is 7.89. The summed E-state index contributed by atoms with van der Waals surface area (Å²) in [5, 5.41) is 3.65. The van der Waals surface area contributed by atoms with Gasteiger partial charge in [-0.15, -0.1) is 0 Å². The molecule has 0 saturated carbocycles. The Balaban J connectivity index is 1.98. The predicted molar refractivity (Wildman–Crippen MR) is 87.4 cm³/mol. The van der Waals surface area contributed by atoms with E-state index in [-0.39, 0.29) is 21.5 Å². The van der Waals surface area contributed by atoms with Gasteiger partial charge in [-0.05, 0) is 26.0 Å². The fourth-order valence-electron chi connectivity index (χ4n) is 1.88. The predicted octanol–water partition coefficient (Wildman–Crippen LogP) is 2.62. The number of carbonyl (C=O) groups is 1. The molecule has 0 unspecified atom stereocenters. The Labute approximate surface area is 148 Å². The summed E-state index contributed by atoms with van der Waals surface area (Å²) in [5.41, 5.74) is 1.24. The number of ether oxygens (including phenoxy) is 1. The largest absolute Gasteiger partial charge is 0.460 e. The summed E-state index contributed by atoms with van der Waals surface area (Å²) in [5.74, 6) is -0.231. The summed E-state index contributed by atoms with van der Waals surface area (Å²) >= 11 is 11.7. The summed E-state index contributed by atoms with van der Waals surface area (Å²) in [4.78, 5) is 11.5. The zero-order valence-electron chi connectivity index (χ0n) is 12.8. The molecule has 0 saturated heterocycles. The average molecular weight is 393 g/mol. The van der Waals surface area contributed by atoms with E-state index in [0.717, 1.165) is 0 Å². The van der Waals surface area contributed by atoms with Crippen molar-refractivity contribution in [1.82, 2.24) is 9.88 Å². The third kappa shape index (κ3) is 4.27. The molecule has 1 heterocycles. The normalized spacial score (nSPS) is 11.5. The van der Waals surface area contributed by atoms with E-state index in [2.05, 4.69) is 9.88 Å². The molecule has 0 bridgehead atoms. The molecule has 24 heavy (non-hydrogen) atoms. The third-order valence-corrected chi connectivity index (χ3v) is 5.51. The number of aryl methyl sites for hydroxylation is 2. The molecule has 1 aromatic heterocycles. The minimum absolute atomic E-state index is 0.0425. The second-order valence-corrected chi connectivity index (χ2v) is 7.36. The van der Waals surface area contributed by atoms with Crippen LogP contribution in [0.1, 0.15) is 17.0 Å². The Morgan fingerprint density at radius 2 is 1.92 bits per heavy atom. The molecule has 130 valence electrons. The van der Waals surface area contributed by atoms with Crippen molar-refractivity contribution in [1.29, 1.82) is 0 Å². The van der Waals surface area contributed by atoms with Crippen molar-refractivity contribution >= 4 is 39.2 Å². The van der Waals surface area contributed by atoms with Crippen LogP contribution in [0.25, 0.3) is 0 Å². The molecule has 0 aliphatic heterocycles. The van der Waals surface area contributed by atoms with Gasteiger partial charge in [0, 0.05) is 0 Å². The van der Waals surface area contributed by atoms with Crippen LogP contribution in [0, 0.1) is 13.8 Å². The number of nitrogens with zero attached hydrogens (tertiary/aromatic N) is 1. The van der Waals surface area contributed by atoms with Crippen LogP contribution in [0.2, 0.25) is 10.0 Å². The molecule has 0 spiro atoms. The van der Waals surface area contributed by atoms with Gasteiger partial charge in [0.1, 0.15) is 23.8 Å². The monoisotopic (exact) mass is 392 g/mol. The van der Waals surface area contributed by atoms with Gasteiger partial charge in [-0.1, -0.05) is 34.4 Å². The van der Waals surface area contributed by atoms with Crippen LogP contribution >= 0.6 is 23.2 Å². The lowest BCUT2D eigenvalue weighted by Crippen LogP contribution is -2.31. The van der Waals surface area contributed by atoms with Crippen LogP contribution in [0.15, 0.2) is 27.6 Å². The third-order valence-electron chi connectivity index (χ3n) is 3.15. The quantitative estimate of drug-likeness (QED) is 0.758. The lowest BCUT2D eigenvalue weighted by atomic mass is 10.2. The summed E-state index contributed by atoms with van der Waals surface area (Å²) in [7, 11) is -4.05. The van der Waals surface area contributed by atoms with Gasteiger partial charge in [0.25, 0.3) is 0 Å². The number of sulfonamides is 1. The Bertz CT molecular complexity index is 824. The maximum Gasteiger partial charge on any atom is 0.321 e. The van der Waals surface area contributed by atoms with Gasteiger partial charge >= 0.3 is 5.97 Å². The van der Waals surface area contributed by atoms with Gasteiger partial charge in [0.05, 0.1) is 21.3 Å². The second-order valence-electron chi connectivity index (χ2n) is 4.84. The van der Waals surface area contributed by atoms with Gasteiger partial charge in [-0.2, -0.15) is 4.72 Å². The first-order valence-corrected chi connectivity index (χ1v) is 8.97. The number of benzene rings is 1. The number of nitrogens with one attached hydrogen (secondary N) is 1. The number of carbonyl (C=O) groups excluding carboxylic acids is 1. The first-order chi connectivity index (χ1) is 11.2. The lowest BCUT2D eigenvalue weighted by molar-refractivity contribution is -0.143. The fraction of sp³-hybridized carbons (Fsp3) is 0.286. The Morgan fingerprint density at radius 3 is 2.46 bits per heavy atom. The zero-order valence-corrected chi connectivity index (χ0v) is 15.1. The van der Waals surface area contributed by atoms with Crippen molar-refractivity contribution in [2.75, 3.05) is 6.54 Å². The first kappa shape index (κ1) is 18.7. The first-order valence-electron chi connectivity index (χ1n) is 6.73. The van der Waals surface area contributed by atoms with Crippen molar-refractivity contribution in [2.24, 2.45) is 0 Å². The zero-order chi connectivity index (χ0) is 17.9. The Morgan fingerprint density at radius 1 is 1.29 bits per heavy atom. The highest BCUT2D eigenvalue weighted by Gasteiger charge is 2.22. The molecule has 0 fully saturated rings. The minimum Gasteiger partial charge on any atom is -0.460 e. The molecule has 0 amide bonds. The van der Waals surface area contributed by atoms with Gasteiger partial charge in [0.2, 0.25) is 10.0 Å². The van der Waals surface area contributed by atoms with Crippen molar-refractivity contribution in [3.8, 4) is 0 Å². The van der Waals surface area contributed by atoms with Gasteiger partial charge in [0.15, 0.2) is 0 Å². The van der Waals surface area contributed by atoms with Crippen molar-refractivity contribution in [2.45, 2.75) is 25.3 Å². The second kappa shape index (κ2) is 7.52. The number of esters is 1. The highest BCUT2D eigenvalue weighted by atomic mass is 35.5. The van der Waals surface area contributed by atoms with Gasteiger partial charge in [-0.3, -0.25) is 4.79 Å². The number of halogens is 2. The number of rotatable bonds is 6. The fourth-order valence-corrected chi connectivity index (χ4v) is 3.99. The van der Waals surface area contributed by atoms with E-state index in [1.54, 1.807) is 13.8 Å². The molecule has 1 aromatic carbocycles. The van der Waals surface area contributed by atoms with Crippen LogP contribution in [-0.4, -0.2) is 26.1 Å².